The fraction of sp³-hybridized carbons (Fsp3) is 0.500. The number of carbonyl (C=O) groups is 1. The van der Waals surface area contributed by atoms with Crippen molar-refractivity contribution in [2.24, 2.45) is 0 Å². The first-order chi connectivity index (χ1) is 16.9. The molecule has 2 aliphatic heterocycles. The molecule has 2 saturated heterocycles. The van der Waals surface area contributed by atoms with Gasteiger partial charge in [0.05, 0.1) is 18.8 Å². The topological polar surface area (TPSA) is 48.6 Å². The number of H-pyrrole nitrogens is 1. The number of nitrogens with one attached hydrogen (secondary N) is 1. The van der Waals surface area contributed by atoms with Crippen molar-refractivity contribution >= 4 is 22.4 Å². The third kappa shape index (κ3) is 3.63. The second-order valence-corrected chi connectivity index (χ2v) is 11.1. The number of anilines is 1. The van der Waals surface area contributed by atoms with E-state index in [1.54, 1.807) is 0 Å². The van der Waals surface area contributed by atoms with Gasteiger partial charge in [-0.15, -0.1) is 0 Å². The van der Waals surface area contributed by atoms with Crippen molar-refractivity contribution in [3.8, 4) is 0 Å². The Morgan fingerprint density at radius 3 is 2.51 bits per heavy atom. The summed E-state index contributed by atoms with van der Waals surface area (Å²) in [6, 6.07) is 11.6. The normalized spacial score (nSPS) is 20.8. The zero-order valence-corrected chi connectivity index (χ0v) is 21.5. The molecular formula is C30H37N3O2. The van der Waals surface area contributed by atoms with Gasteiger partial charge in [-0.25, -0.2) is 0 Å². The first kappa shape index (κ1) is 22.8. The highest BCUT2D eigenvalue weighted by Crippen LogP contribution is 2.46. The second-order valence-electron chi connectivity index (χ2n) is 11.1. The molecule has 5 heteroatoms. The molecule has 6 rings (SSSR count). The van der Waals surface area contributed by atoms with Gasteiger partial charge in [-0.2, -0.15) is 0 Å². The molecule has 2 aromatic carbocycles. The van der Waals surface area contributed by atoms with Crippen LogP contribution >= 0.6 is 0 Å². The zero-order valence-electron chi connectivity index (χ0n) is 21.5. The summed E-state index contributed by atoms with van der Waals surface area (Å²) in [7, 11) is 0. The fourth-order valence-electron chi connectivity index (χ4n) is 6.62. The van der Waals surface area contributed by atoms with Crippen LogP contribution in [0.4, 0.5) is 5.69 Å². The van der Waals surface area contributed by atoms with Crippen LogP contribution in [0.25, 0.3) is 10.9 Å². The summed E-state index contributed by atoms with van der Waals surface area (Å²) < 4.78 is 5.56. The maximum absolute atomic E-state index is 13.9. The summed E-state index contributed by atoms with van der Waals surface area (Å²) in [5.74, 6) is 0.164. The SMILES string of the molecule is CCc1cc2c(cc1N1CCC(N3CCOCC3)CC1)C(C)(C)c1[nH]c3cc(C)ccc3c1C2=O. The van der Waals surface area contributed by atoms with Gasteiger partial charge in [0, 0.05) is 65.5 Å². The number of hydrogen-bond acceptors (Lipinski definition) is 4. The number of morpholine rings is 1. The summed E-state index contributed by atoms with van der Waals surface area (Å²) in [5.41, 5.74) is 8.56. The van der Waals surface area contributed by atoms with Crippen LogP contribution < -0.4 is 4.90 Å². The minimum Gasteiger partial charge on any atom is -0.379 e. The summed E-state index contributed by atoms with van der Waals surface area (Å²) in [6.07, 6.45) is 3.31. The highest BCUT2D eigenvalue weighted by molar-refractivity contribution is 6.20. The average Bonchev–Trinajstić information content (AvgIpc) is 3.27. The molecule has 0 amide bonds. The molecule has 0 bridgehead atoms. The van der Waals surface area contributed by atoms with Gasteiger partial charge in [0.15, 0.2) is 5.78 Å². The first-order valence-electron chi connectivity index (χ1n) is 13.3. The zero-order chi connectivity index (χ0) is 24.3. The lowest BCUT2D eigenvalue weighted by Crippen LogP contribution is -2.49. The van der Waals surface area contributed by atoms with Gasteiger partial charge in [0.1, 0.15) is 0 Å². The van der Waals surface area contributed by atoms with Crippen LogP contribution in [0.15, 0.2) is 30.3 Å². The number of fused-ring (bicyclic) bond motifs is 4. The van der Waals surface area contributed by atoms with Crippen molar-refractivity contribution in [1.29, 1.82) is 0 Å². The van der Waals surface area contributed by atoms with E-state index in [0.717, 1.165) is 79.1 Å². The Bertz CT molecular complexity index is 1290. The van der Waals surface area contributed by atoms with E-state index < -0.39 is 0 Å². The van der Waals surface area contributed by atoms with Gasteiger partial charge in [-0.1, -0.05) is 32.9 Å². The van der Waals surface area contributed by atoms with E-state index in [1.807, 2.05) is 0 Å². The van der Waals surface area contributed by atoms with Gasteiger partial charge < -0.3 is 14.6 Å². The number of aromatic amines is 1. The smallest absolute Gasteiger partial charge is 0.195 e. The first-order valence-corrected chi connectivity index (χ1v) is 13.3. The van der Waals surface area contributed by atoms with E-state index in [9.17, 15) is 4.79 Å². The number of rotatable bonds is 3. The maximum atomic E-state index is 13.9. The Kier molecular flexibility index (Phi) is 5.53. The van der Waals surface area contributed by atoms with Crippen molar-refractivity contribution < 1.29 is 9.53 Å². The van der Waals surface area contributed by atoms with E-state index in [-0.39, 0.29) is 11.2 Å². The standard InChI is InChI=1S/C30H37N3O2/c1-5-20-17-23-24(18-26(20)33-10-8-21(9-11-33)32-12-14-35-15-13-32)30(3,4)29-27(28(23)34)22-7-6-19(2)16-25(22)31-29/h6-7,16-18,21,31H,5,8-15H2,1-4H3. The number of aryl methyl sites for hydroxylation is 2. The van der Waals surface area contributed by atoms with Crippen LogP contribution in [0.1, 0.15) is 71.9 Å². The quantitative estimate of drug-likeness (QED) is 0.570. The molecule has 5 nitrogen and oxygen atoms in total. The van der Waals surface area contributed by atoms with Crippen molar-refractivity contribution in [2.75, 3.05) is 44.3 Å². The average molecular weight is 472 g/mol. The van der Waals surface area contributed by atoms with Crippen molar-refractivity contribution in [2.45, 2.75) is 58.4 Å². The molecule has 184 valence electrons. The summed E-state index contributed by atoms with van der Waals surface area (Å²) in [5, 5.41) is 1.04. The minimum atomic E-state index is -0.265. The van der Waals surface area contributed by atoms with Gasteiger partial charge in [0.2, 0.25) is 0 Å². The molecule has 1 aromatic heterocycles. The van der Waals surface area contributed by atoms with Gasteiger partial charge in [-0.05, 0) is 61.1 Å². The lowest BCUT2D eigenvalue weighted by molar-refractivity contribution is 0.0115. The number of nitrogens with zero attached hydrogens (tertiary/aromatic N) is 2. The third-order valence-corrected chi connectivity index (χ3v) is 8.69. The van der Waals surface area contributed by atoms with E-state index in [2.05, 4.69) is 72.8 Å². The number of piperidine rings is 1. The molecule has 0 atom stereocenters. The molecule has 3 aromatic rings. The Morgan fingerprint density at radius 2 is 1.80 bits per heavy atom. The summed E-state index contributed by atoms with van der Waals surface area (Å²) in [4.78, 5) is 22.7. The number of aromatic nitrogens is 1. The van der Waals surface area contributed by atoms with Crippen LogP contribution in [0, 0.1) is 6.92 Å². The monoisotopic (exact) mass is 471 g/mol. The van der Waals surface area contributed by atoms with E-state index in [4.69, 9.17) is 4.74 Å². The lowest BCUT2D eigenvalue weighted by Gasteiger charge is -2.42. The molecule has 0 unspecified atom stereocenters. The second kappa shape index (κ2) is 8.49. The molecular weight excluding hydrogens is 434 g/mol. The van der Waals surface area contributed by atoms with Gasteiger partial charge >= 0.3 is 0 Å². The van der Waals surface area contributed by atoms with Crippen LogP contribution in [0.3, 0.4) is 0 Å². The largest absolute Gasteiger partial charge is 0.379 e. The number of ether oxygens (including phenoxy) is 1. The molecule has 1 aliphatic carbocycles. The molecule has 0 spiro atoms. The van der Waals surface area contributed by atoms with Crippen LogP contribution in [0.2, 0.25) is 0 Å². The van der Waals surface area contributed by atoms with E-state index in [1.165, 1.54) is 29.7 Å². The molecule has 0 radical (unpaired) electrons. The Labute approximate surface area is 208 Å². The molecule has 3 aliphatic rings. The van der Waals surface area contributed by atoms with Crippen LogP contribution in [-0.4, -0.2) is 61.1 Å². The fourth-order valence-corrected chi connectivity index (χ4v) is 6.62. The summed E-state index contributed by atoms with van der Waals surface area (Å²) >= 11 is 0. The van der Waals surface area contributed by atoms with Crippen LogP contribution in [-0.2, 0) is 16.6 Å². The lowest BCUT2D eigenvalue weighted by atomic mass is 9.70. The number of benzene rings is 2. The highest BCUT2D eigenvalue weighted by Gasteiger charge is 2.40. The molecule has 3 heterocycles. The molecule has 2 fully saturated rings. The van der Waals surface area contributed by atoms with Crippen molar-refractivity contribution in [3.05, 3.63) is 63.8 Å². The number of carbonyl (C=O) groups excluding carboxylic acids is 1. The van der Waals surface area contributed by atoms with Gasteiger partial charge in [-0.3, -0.25) is 9.69 Å². The third-order valence-electron chi connectivity index (χ3n) is 8.69. The summed E-state index contributed by atoms with van der Waals surface area (Å²) in [6.45, 7) is 14.8. The Hall–Kier alpha value is -2.63. The maximum Gasteiger partial charge on any atom is 0.195 e. The van der Waals surface area contributed by atoms with E-state index in [0.29, 0.717) is 6.04 Å². The van der Waals surface area contributed by atoms with Crippen molar-refractivity contribution in [3.63, 3.8) is 0 Å². The molecule has 1 N–H and O–H groups in total. The minimum absolute atomic E-state index is 0.164. The number of ketones is 1. The number of hydrogen-bond donors (Lipinski definition) is 1. The Balaban J connectivity index is 1.37. The predicted octanol–water partition coefficient (Wildman–Crippen LogP) is 5.21. The highest BCUT2D eigenvalue weighted by atomic mass is 16.5. The van der Waals surface area contributed by atoms with Crippen LogP contribution in [0.5, 0.6) is 0 Å². The van der Waals surface area contributed by atoms with Crippen molar-refractivity contribution in [1.82, 2.24) is 9.88 Å². The Morgan fingerprint density at radius 1 is 1.06 bits per heavy atom. The van der Waals surface area contributed by atoms with Gasteiger partial charge in [0.25, 0.3) is 0 Å². The molecule has 0 saturated carbocycles. The van der Waals surface area contributed by atoms with E-state index >= 15 is 0 Å². The molecule has 35 heavy (non-hydrogen) atoms. The predicted molar refractivity (Wildman–Crippen MR) is 142 cm³/mol.